The van der Waals surface area contributed by atoms with Crippen molar-refractivity contribution in [2.24, 2.45) is 16.7 Å². The standard InChI is InChI=1S/C29H40N8O3/c1-19(33-18-26(39)37-13-7-5-9-22(37)17-30)16-29(28(31)34-35-32)24(10-6-8-14-38)20(2)23-15-21(11-12-25(23)29)27(40)36(3)4/h6,10-12,14-15,19,22,33,35H,5,7-9,13,16,18,32H2,1-4H3,(H2,31,34)/b10-6-/t19?,22-,29?/m0/s1. The first kappa shape index (κ1) is 30.5. The van der Waals surface area contributed by atoms with E-state index in [1.807, 2.05) is 32.1 Å². The number of nitrogens with zero attached hydrogens (tertiary/aromatic N) is 4. The number of likely N-dealkylation sites (tertiary alicyclic amines) is 1. The van der Waals surface area contributed by atoms with Gasteiger partial charge in [-0.25, -0.2) is 11.4 Å². The van der Waals surface area contributed by atoms with Crippen LogP contribution in [0.25, 0.3) is 5.57 Å². The minimum absolute atomic E-state index is 0.0732. The fraction of sp³-hybridized carbons (Fsp3) is 0.483. The summed E-state index contributed by atoms with van der Waals surface area (Å²) < 4.78 is 0. The average molecular weight is 549 g/mol. The van der Waals surface area contributed by atoms with E-state index in [0.29, 0.717) is 24.9 Å². The minimum atomic E-state index is -0.958. The highest BCUT2D eigenvalue weighted by Crippen LogP contribution is 2.50. The Hall–Kier alpha value is -4.01. The largest absolute Gasteiger partial charge is 0.385 e. The molecule has 0 radical (unpaired) electrons. The van der Waals surface area contributed by atoms with Gasteiger partial charge in [-0.2, -0.15) is 10.4 Å². The number of piperidine rings is 1. The maximum absolute atomic E-state index is 13.0. The number of hydrogen-bond acceptors (Lipinski definition) is 8. The topological polar surface area (TPSA) is 170 Å². The van der Waals surface area contributed by atoms with Gasteiger partial charge in [-0.15, -0.1) is 0 Å². The van der Waals surface area contributed by atoms with E-state index in [9.17, 15) is 19.6 Å². The van der Waals surface area contributed by atoms with E-state index in [-0.39, 0.29) is 36.7 Å². The maximum atomic E-state index is 13.0. The van der Waals surface area contributed by atoms with Crippen LogP contribution in [0.2, 0.25) is 0 Å². The molecule has 3 atom stereocenters. The summed E-state index contributed by atoms with van der Waals surface area (Å²) in [6.45, 7) is 4.56. The third kappa shape index (κ3) is 6.08. The predicted octanol–water partition coefficient (Wildman–Crippen LogP) is 1.57. The molecule has 1 saturated heterocycles. The third-order valence-electron chi connectivity index (χ3n) is 7.73. The van der Waals surface area contributed by atoms with E-state index in [2.05, 4.69) is 22.0 Å². The predicted molar refractivity (Wildman–Crippen MR) is 155 cm³/mol. The van der Waals surface area contributed by atoms with Crippen molar-refractivity contribution >= 4 is 29.5 Å². The molecular weight excluding hydrogens is 508 g/mol. The quantitative estimate of drug-likeness (QED) is 0.106. The molecule has 3 rings (SSSR count). The van der Waals surface area contributed by atoms with Gasteiger partial charge in [-0.3, -0.25) is 9.59 Å². The van der Waals surface area contributed by atoms with E-state index < -0.39 is 11.5 Å². The molecule has 214 valence electrons. The van der Waals surface area contributed by atoms with Gasteiger partial charge in [0.2, 0.25) is 5.91 Å². The Labute approximate surface area is 235 Å². The van der Waals surface area contributed by atoms with Gasteiger partial charge in [0.25, 0.3) is 5.91 Å². The molecule has 1 heterocycles. The molecule has 2 unspecified atom stereocenters. The van der Waals surface area contributed by atoms with Crippen LogP contribution in [-0.4, -0.2) is 73.0 Å². The Kier molecular flexibility index (Phi) is 10.2. The van der Waals surface area contributed by atoms with Crippen molar-refractivity contribution in [1.82, 2.24) is 20.7 Å². The molecule has 1 aliphatic carbocycles. The summed E-state index contributed by atoms with van der Waals surface area (Å²) in [6.07, 6.45) is 7.60. The molecule has 1 fully saturated rings. The Balaban J connectivity index is 2.02. The number of carbonyl (C=O) groups excluding carboxylic acids is 3. The van der Waals surface area contributed by atoms with Crippen LogP contribution in [0.3, 0.4) is 0 Å². The van der Waals surface area contributed by atoms with Gasteiger partial charge < -0.3 is 25.6 Å². The number of carbonyl (C=O) groups is 3. The summed E-state index contributed by atoms with van der Waals surface area (Å²) in [5.74, 6) is 5.54. The second-order valence-corrected chi connectivity index (χ2v) is 10.5. The lowest BCUT2D eigenvalue weighted by atomic mass is 9.71. The zero-order chi connectivity index (χ0) is 29.4. The van der Waals surface area contributed by atoms with Crippen LogP contribution in [0.15, 0.2) is 41.0 Å². The Morgan fingerprint density at radius 3 is 2.75 bits per heavy atom. The van der Waals surface area contributed by atoms with Gasteiger partial charge in [0.05, 0.1) is 18.0 Å². The van der Waals surface area contributed by atoms with Crippen molar-refractivity contribution in [2.75, 3.05) is 27.2 Å². The SMILES string of the molecule is CC1=C(/C=C\CC=O)C(CC(C)NCC(=O)N2CCCC[C@H]2C#N)(/C(N)=N/NN)c2ccc(C(=O)N(C)C)cc21. The second kappa shape index (κ2) is 13.4. The van der Waals surface area contributed by atoms with Gasteiger partial charge >= 0.3 is 0 Å². The number of nitrogens with two attached hydrogens (primary N) is 2. The Morgan fingerprint density at radius 2 is 2.10 bits per heavy atom. The van der Waals surface area contributed by atoms with Gasteiger partial charge in [0, 0.05) is 38.7 Å². The summed E-state index contributed by atoms with van der Waals surface area (Å²) in [5.41, 5.74) is 12.0. The lowest BCUT2D eigenvalue weighted by Gasteiger charge is -2.36. The lowest BCUT2D eigenvalue weighted by Crippen LogP contribution is -2.50. The molecule has 2 aliphatic rings. The highest BCUT2D eigenvalue weighted by molar-refractivity contribution is 6.04. The van der Waals surface area contributed by atoms with Crippen molar-refractivity contribution in [3.05, 3.63) is 52.6 Å². The molecule has 1 aliphatic heterocycles. The molecule has 1 aromatic carbocycles. The number of benzene rings is 1. The number of allylic oxidation sites excluding steroid dienone is 3. The highest BCUT2D eigenvalue weighted by Gasteiger charge is 2.47. The Morgan fingerprint density at radius 1 is 1.35 bits per heavy atom. The first-order chi connectivity index (χ1) is 19.1. The van der Waals surface area contributed by atoms with E-state index in [4.69, 9.17) is 11.6 Å². The van der Waals surface area contributed by atoms with Crippen molar-refractivity contribution in [3.63, 3.8) is 0 Å². The second-order valence-electron chi connectivity index (χ2n) is 10.5. The molecule has 11 nitrogen and oxygen atoms in total. The van der Waals surface area contributed by atoms with Crippen LogP contribution in [-0.2, 0) is 15.0 Å². The van der Waals surface area contributed by atoms with Crippen LogP contribution in [0.4, 0.5) is 0 Å². The smallest absolute Gasteiger partial charge is 0.253 e. The van der Waals surface area contributed by atoms with Gasteiger partial charge in [-0.05, 0) is 73.9 Å². The number of hydrazine groups is 1. The number of hydrogen-bond donors (Lipinski definition) is 4. The zero-order valence-corrected chi connectivity index (χ0v) is 23.7. The van der Waals surface area contributed by atoms with Gasteiger partial charge in [0.15, 0.2) is 0 Å². The van der Waals surface area contributed by atoms with E-state index >= 15 is 0 Å². The third-order valence-corrected chi connectivity index (χ3v) is 7.73. The monoisotopic (exact) mass is 548 g/mol. The summed E-state index contributed by atoms with van der Waals surface area (Å²) >= 11 is 0. The molecule has 0 spiro atoms. The average Bonchev–Trinajstić information content (AvgIpc) is 3.18. The van der Waals surface area contributed by atoms with Crippen LogP contribution < -0.4 is 22.4 Å². The first-order valence-electron chi connectivity index (χ1n) is 13.5. The number of rotatable bonds is 11. The molecule has 0 aromatic heterocycles. The van der Waals surface area contributed by atoms with E-state index in [1.165, 1.54) is 4.90 Å². The van der Waals surface area contributed by atoms with Crippen molar-refractivity contribution in [1.29, 1.82) is 5.26 Å². The number of hydrazone groups is 1. The van der Waals surface area contributed by atoms with Crippen LogP contribution in [0, 0.1) is 11.3 Å². The van der Waals surface area contributed by atoms with Gasteiger partial charge in [-0.1, -0.05) is 18.2 Å². The molecular formula is C29H40N8O3. The molecule has 0 bridgehead atoms. The summed E-state index contributed by atoms with van der Waals surface area (Å²) in [4.78, 5) is 40.1. The maximum Gasteiger partial charge on any atom is 0.253 e. The normalized spacial score (nSPS) is 21.6. The highest BCUT2D eigenvalue weighted by atomic mass is 16.2. The fourth-order valence-electron chi connectivity index (χ4n) is 5.76. The molecule has 1 aromatic rings. The number of amides is 2. The van der Waals surface area contributed by atoms with Crippen molar-refractivity contribution in [2.45, 2.75) is 63.5 Å². The molecule has 6 N–H and O–H groups in total. The summed E-state index contributed by atoms with van der Waals surface area (Å²) in [5, 5.41) is 17.0. The van der Waals surface area contributed by atoms with Crippen LogP contribution >= 0.6 is 0 Å². The zero-order valence-electron chi connectivity index (χ0n) is 23.7. The summed E-state index contributed by atoms with van der Waals surface area (Å²) in [6, 6.07) is 7.13. The minimum Gasteiger partial charge on any atom is -0.385 e. The van der Waals surface area contributed by atoms with Crippen molar-refractivity contribution < 1.29 is 14.4 Å². The number of nitriles is 1. The lowest BCUT2D eigenvalue weighted by molar-refractivity contribution is -0.132. The molecule has 11 heteroatoms. The van der Waals surface area contributed by atoms with E-state index in [1.54, 1.807) is 31.1 Å². The molecule has 0 saturated carbocycles. The molecule has 40 heavy (non-hydrogen) atoms. The number of fused-ring (bicyclic) bond motifs is 1. The van der Waals surface area contributed by atoms with E-state index in [0.717, 1.165) is 41.4 Å². The first-order valence-corrected chi connectivity index (χ1v) is 13.5. The van der Waals surface area contributed by atoms with Gasteiger partial charge in [0.1, 0.15) is 18.2 Å². The number of aldehydes is 1. The Bertz CT molecular complexity index is 1260. The summed E-state index contributed by atoms with van der Waals surface area (Å²) in [7, 11) is 3.40. The molecule has 2 amide bonds. The number of nitrogens with one attached hydrogen (secondary N) is 2. The van der Waals surface area contributed by atoms with Crippen LogP contribution in [0.5, 0.6) is 0 Å². The van der Waals surface area contributed by atoms with Crippen LogP contribution in [0.1, 0.15) is 67.4 Å². The van der Waals surface area contributed by atoms with Crippen molar-refractivity contribution in [3.8, 4) is 6.07 Å². The number of amidine groups is 1. The fourth-order valence-corrected chi connectivity index (χ4v) is 5.76.